The van der Waals surface area contributed by atoms with Crippen molar-refractivity contribution in [2.75, 3.05) is 13.2 Å². The first kappa shape index (κ1) is 18.6. The summed E-state index contributed by atoms with van der Waals surface area (Å²) < 4.78 is 7.07. The first-order valence-electron chi connectivity index (χ1n) is 10.1. The van der Waals surface area contributed by atoms with Crippen molar-refractivity contribution >= 4 is 27.7 Å². The lowest BCUT2D eigenvalue weighted by molar-refractivity contribution is 0.0858. The number of hydrogen-bond acceptors (Lipinski definition) is 4. The maximum absolute atomic E-state index is 12.9. The molecule has 0 saturated carbocycles. The van der Waals surface area contributed by atoms with Crippen LogP contribution in [-0.2, 0) is 4.74 Å². The number of aromatic amines is 1. The average molecular weight is 402 g/mol. The van der Waals surface area contributed by atoms with Crippen LogP contribution < -0.4 is 10.9 Å². The van der Waals surface area contributed by atoms with Gasteiger partial charge in [0.2, 0.25) is 0 Å². The van der Waals surface area contributed by atoms with Crippen molar-refractivity contribution in [2.45, 2.75) is 25.9 Å². The Hall–Kier alpha value is -3.45. The Morgan fingerprint density at radius 1 is 1.23 bits per heavy atom. The number of amides is 1. The highest BCUT2D eigenvalue weighted by atomic mass is 16.5. The Kier molecular flexibility index (Phi) is 4.59. The topological polar surface area (TPSA) is 89.0 Å². The third-order valence-electron chi connectivity index (χ3n) is 5.59. The van der Waals surface area contributed by atoms with Crippen molar-refractivity contribution in [3.63, 3.8) is 0 Å². The minimum Gasteiger partial charge on any atom is -0.376 e. The van der Waals surface area contributed by atoms with Crippen LogP contribution in [0, 0.1) is 6.92 Å². The summed E-state index contributed by atoms with van der Waals surface area (Å²) in [5, 5.41) is 7.36. The molecule has 152 valence electrons. The van der Waals surface area contributed by atoms with Crippen LogP contribution in [-0.4, -0.2) is 39.9 Å². The van der Waals surface area contributed by atoms with Gasteiger partial charge in [-0.3, -0.25) is 19.7 Å². The van der Waals surface area contributed by atoms with Crippen LogP contribution in [0.25, 0.3) is 27.5 Å². The van der Waals surface area contributed by atoms with Gasteiger partial charge in [-0.25, -0.2) is 4.68 Å². The molecule has 0 spiro atoms. The third kappa shape index (κ3) is 3.27. The summed E-state index contributed by atoms with van der Waals surface area (Å²) in [4.78, 5) is 30.0. The van der Waals surface area contributed by atoms with Crippen molar-refractivity contribution in [1.82, 2.24) is 20.1 Å². The number of aromatic nitrogens is 3. The van der Waals surface area contributed by atoms with Gasteiger partial charge in [0, 0.05) is 30.3 Å². The van der Waals surface area contributed by atoms with E-state index >= 15 is 0 Å². The fourth-order valence-electron chi connectivity index (χ4n) is 3.89. The SMILES string of the molecule is Cc1ccc(-n2[nH]c3c(cnc4ccc(C(=O)NC[C@H]5CCCO5)cc43)c2=O)cc1. The van der Waals surface area contributed by atoms with Crippen LogP contribution in [0.5, 0.6) is 0 Å². The van der Waals surface area contributed by atoms with Crippen molar-refractivity contribution in [1.29, 1.82) is 0 Å². The molecular weight excluding hydrogens is 380 g/mol. The van der Waals surface area contributed by atoms with Crippen LogP contribution in [0.4, 0.5) is 0 Å². The summed E-state index contributed by atoms with van der Waals surface area (Å²) in [5.41, 5.74) is 3.61. The van der Waals surface area contributed by atoms with E-state index in [1.807, 2.05) is 31.2 Å². The van der Waals surface area contributed by atoms with Gasteiger partial charge >= 0.3 is 0 Å². The predicted octanol–water partition coefficient (Wildman–Crippen LogP) is 3.08. The monoisotopic (exact) mass is 402 g/mol. The van der Waals surface area contributed by atoms with E-state index in [0.717, 1.165) is 41.6 Å². The van der Waals surface area contributed by atoms with Gasteiger partial charge in [0.15, 0.2) is 0 Å². The molecule has 2 N–H and O–H groups in total. The number of hydrogen-bond donors (Lipinski definition) is 2. The number of nitrogens with zero attached hydrogens (tertiary/aromatic N) is 2. The Bertz CT molecular complexity index is 1300. The quantitative estimate of drug-likeness (QED) is 0.549. The molecule has 7 nitrogen and oxygen atoms in total. The van der Waals surface area contributed by atoms with Gasteiger partial charge in [-0.1, -0.05) is 17.7 Å². The van der Waals surface area contributed by atoms with Gasteiger partial charge in [0.1, 0.15) is 0 Å². The molecule has 30 heavy (non-hydrogen) atoms. The molecule has 0 radical (unpaired) electrons. The summed E-state index contributed by atoms with van der Waals surface area (Å²) in [6.45, 7) is 3.26. The highest BCUT2D eigenvalue weighted by Crippen LogP contribution is 2.22. The molecule has 0 bridgehead atoms. The molecule has 3 heterocycles. The van der Waals surface area contributed by atoms with Gasteiger partial charge in [-0.05, 0) is 50.1 Å². The molecule has 5 rings (SSSR count). The fraction of sp³-hybridized carbons (Fsp3) is 0.261. The normalized spacial score (nSPS) is 16.4. The minimum atomic E-state index is -0.170. The molecule has 1 fully saturated rings. The van der Waals surface area contributed by atoms with Gasteiger partial charge in [-0.2, -0.15) is 0 Å². The lowest BCUT2D eigenvalue weighted by Gasteiger charge is -2.11. The molecule has 7 heteroatoms. The number of benzene rings is 2. The second-order valence-corrected chi connectivity index (χ2v) is 7.71. The van der Waals surface area contributed by atoms with E-state index < -0.39 is 0 Å². The van der Waals surface area contributed by atoms with Crippen LogP contribution in [0.1, 0.15) is 28.8 Å². The standard InChI is InChI=1S/C23H22N4O3/c1-14-4-7-16(8-5-14)27-23(29)19-13-24-20-9-6-15(11-18(20)21(19)26-27)22(28)25-12-17-3-2-10-30-17/h4-9,11,13,17,26H,2-3,10,12H2,1H3,(H,25,28)/t17-/m1/s1. The number of fused-ring (bicyclic) bond motifs is 3. The maximum atomic E-state index is 12.9. The zero-order chi connectivity index (χ0) is 20.7. The summed E-state index contributed by atoms with van der Waals surface area (Å²) in [7, 11) is 0. The number of aryl methyl sites for hydroxylation is 1. The van der Waals surface area contributed by atoms with E-state index in [4.69, 9.17) is 4.74 Å². The molecule has 0 unspecified atom stereocenters. The molecule has 1 aliphatic rings. The van der Waals surface area contributed by atoms with Gasteiger partial charge in [0.25, 0.3) is 11.5 Å². The fourth-order valence-corrected chi connectivity index (χ4v) is 3.89. The van der Waals surface area contributed by atoms with Gasteiger partial charge < -0.3 is 10.1 Å². The molecule has 4 aromatic rings. The molecule has 1 atom stereocenters. The predicted molar refractivity (Wildman–Crippen MR) is 115 cm³/mol. The van der Waals surface area contributed by atoms with Crippen molar-refractivity contribution < 1.29 is 9.53 Å². The van der Waals surface area contributed by atoms with Crippen molar-refractivity contribution in [3.05, 3.63) is 70.1 Å². The lowest BCUT2D eigenvalue weighted by Crippen LogP contribution is -2.31. The Morgan fingerprint density at radius 3 is 2.83 bits per heavy atom. The van der Waals surface area contributed by atoms with E-state index in [2.05, 4.69) is 15.4 Å². The number of carbonyl (C=O) groups excluding carboxylic acids is 1. The van der Waals surface area contributed by atoms with Crippen molar-refractivity contribution in [2.24, 2.45) is 0 Å². The van der Waals surface area contributed by atoms with Gasteiger partial charge in [-0.15, -0.1) is 0 Å². The Morgan fingerprint density at radius 2 is 2.07 bits per heavy atom. The van der Waals surface area contributed by atoms with E-state index in [9.17, 15) is 9.59 Å². The summed E-state index contributed by atoms with van der Waals surface area (Å²) in [5.74, 6) is -0.162. The zero-order valence-electron chi connectivity index (χ0n) is 16.6. The molecule has 1 amide bonds. The maximum Gasteiger partial charge on any atom is 0.280 e. The second-order valence-electron chi connectivity index (χ2n) is 7.71. The molecule has 0 aliphatic carbocycles. The smallest absolute Gasteiger partial charge is 0.280 e. The Balaban J connectivity index is 1.54. The summed E-state index contributed by atoms with van der Waals surface area (Å²) in [6.07, 6.45) is 3.67. The summed E-state index contributed by atoms with van der Waals surface area (Å²) in [6, 6.07) is 13.0. The molecule has 1 saturated heterocycles. The number of ether oxygens (including phenoxy) is 1. The second kappa shape index (κ2) is 7.42. The molecule has 1 aliphatic heterocycles. The first-order chi connectivity index (χ1) is 14.6. The zero-order valence-corrected chi connectivity index (χ0v) is 16.6. The summed E-state index contributed by atoms with van der Waals surface area (Å²) >= 11 is 0. The van der Waals surface area contributed by atoms with E-state index in [1.165, 1.54) is 4.68 Å². The highest BCUT2D eigenvalue weighted by molar-refractivity contribution is 6.06. The molecule has 2 aromatic carbocycles. The van der Waals surface area contributed by atoms with Crippen LogP contribution >= 0.6 is 0 Å². The first-order valence-corrected chi connectivity index (χ1v) is 10.1. The highest BCUT2D eigenvalue weighted by Gasteiger charge is 2.18. The van der Waals surface area contributed by atoms with Crippen molar-refractivity contribution in [3.8, 4) is 5.69 Å². The van der Waals surface area contributed by atoms with E-state index in [1.54, 1.807) is 24.4 Å². The third-order valence-corrected chi connectivity index (χ3v) is 5.59. The van der Waals surface area contributed by atoms with Crippen LogP contribution in [0.15, 0.2) is 53.5 Å². The molecular formula is C23H22N4O3. The van der Waals surface area contributed by atoms with Gasteiger partial charge in [0.05, 0.1) is 28.2 Å². The number of carbonyl (C=O) groups is 1. The minimum absolute atomic E-state index is 0.0858. The number of nitrogens with one attached hydrogen (secondary N) is 2. The number of rotatable bonds is 4. The van der Waals surface area contributed by atoms with E-state index in [-0.39, 0.29) is 17.6 Å². The van der Waals surface area contributed by atoms with Crippen LogP contribution in [0.3, 0.4) is 0 Å². The number of H-pyrrole nitrogens is 1. The lowest BCUT2D eigenvalue weighted by atomic mass is 10.1. The largest absolute Gasteiger partial charge is 0.376 e. The average Bonchev–Trinajstić information content (AvgIpc) is 3.40. The van der Waals surface area contributed by atoms with Crippen LogP contribution in [0.2, 0.25) is 0 Å². The molecule has 2 aromatic heterocycles. The number of pyridine rings is 1. The van der Waals surface area contributed by atoms with E-state index in [0.29, 0.717) is 23.0 Å². The Labute approximate surface area is 172 Å².